The summed E-state index contributed by atoms with van der Waals surface area (Å²) in [7, 11) is 0. The van der Waals surface area contributed by atoms with Crippen LogP contribution < -0.4 is 16.4 Å². The van der Waals surface area contributed by atoms with Crippen LogP contribution in [0.4, 0.5) is 11.5 Å². The number of anilines is 2. The van der Waals surface area contributed by atoms with E-state index in [0.717, 1.165) is 42.7 Å². The number of pyridine rings is 1. The number of hydrogen-bond acceptors (Lipinski definition) is 10. The molecule has 0 radical (unpaired) electrons. The standard InChI is InChI=1S/C26H27N9O/c1-26(2,15-27)21-13-16(6-9-30-21)20-14-31-23(29)22(32-20)25-34-33-24(36-25)17-4-3-5-19(12-17)35-10-7-18(28)8-11-35/h3-6,9,12-14,18H,7-8,10-11,28H2,1-2H3,(H2,29,31). The minimum absolute atomic E-state index is 0.179. The number of piperidine rings is 1. The van der Waals surface area contributed by atoms with E-state index in [1.165, 1.54) is 0 Å². The minimum Gasteiger partial charge on any atom is -0.414 e. The molecule has 5 rings (SSSR count). The van der Waals surface area contributed by atoms with E-state index >= 15 is 0 Å². The highest BCUT2D eigenvalue weighted by Crippen LogP contribution is 2.31. The molecule has 0 bridgehead atoms. The lowest BCUT2D eigenvalue weighted by atomic mass is 9.90. The molecule has 4 aromatic rings. The molecule has 10 heteroatoms. The van der Waals surface area contributed by atoms with E-state index in [0.29, 0.717) is 23.0 Å². The largest absolute Gasteiger partial charge is 0.414 e. The molecular formula is C26H27N9O. The van der Waals surface area contributed by atoms with Gasteiger partial charge in [0.2, 0.25) is 5.89 Å². The van der Waals surface area contributed by atoms with Crippen LogP contribution in [0.25, 0.3) is 34.3 Å². The fraction of sp³-hybridized carbons (Fsp3) is 0.308. The summed E-state index contributed by atoms with van der Waals surface area (Å²) in [5.41, 5.74) is 15.6. The molecule has 4 heterocycles. The molecule has 1 aromatic carbocycles. The van der Waals surface area contributed by atoms with Gasteiger partial charge >= 0.3 is 0 Å². The minimum atomic E-state index is -0.740. The van der Waals surface area contributed by atoms with E-state index in [2.05, 4.69) is 42.2 Å². The van der Waals surface area contributed by atoms with Crippen molar-refractivity contribution in [2.75, 3.05) is 23.7 Å². The molecule has 0 aliphatic carbocycles. The SMILES string of the molecule is CC(C)(C#N)c1cc(-c2cnc(N)c(-c3nnc(-c4cccc(N5CCC(N)CC5)c4)o3)n2)ccn1. The van der Waals surface area contributed by atoms with Crippen molar-refractivity contribution in [2.24, 2.45) is 5.73 Å². The Morgan fingerprint density at radius 1 is 1.06 bits per heavy atom. The third-order valence-corrected chi connectivity index (χ3v) is 6.40. The van der Waals surface area contributed by atoms with Gasteiger partial charge in [-0.1, -0.05) is 6.07 Å². The normalized spacial score (nSPS) is 14.6. The van der Waals surface area contributed by atoms with Crippen LogP contribution in [0.5, 0.6) is 0 Å². The molecule has 4 N–H and O–H groups in total. The quantitative estimate of drug-likeness (QED) is 0.432. The van der Waals surface area contributed by atoms with Gasteiger partial charge in [0.05, 0.1) is 29.1 Å². The Labute approximate surface area is 209 Å². The number of hydrogen-bond donors (Lipinski definition) is 2. The van der Waals surface area contributed by atoms with E-state index in [1.807, 2.05) is 38.1 Å². The number of nitrogen functional groups attached to an aromatic ring is 1. The lowest BCUT2D eigenvalue weighted by Crippen LogP contribution is -2.39. The smallest absolute Gasteiger partial charge is 0.270 e. The highest BCUT2D eigenvalue weighted by atomic mass is 16.4. The average molecular weight is 482 g/mol. The van der Waals surface area contributed by atoms with E-state index in [-0.39, 0.29) is 17.8 Å². The maximum absolute atomic E-state index is 9.47. The zero-order valence-corrected chi connectivity index (χ0v) is 20.2. The summed E-state index contributed by atoms with van der Waals surface area (Å²) in [5, 5.41) is 17.9. The maximum Gasteiger partial charge on any atom is 0.270 e. The molecule has 182 valence electrons. The van der Waals surface area contributed by atoms with Crippen LogP contribution >= 0.6 is 0 Å². The number of nitrogens with zero attached hydrogens (tertiary/aromatic N) is 7. The predicted octanol–water partition coefficient (Wildman–Crippen LogP) is 3.57. The van der Waals surface area contributed by atoms with E-state index in [4.69, 9.17) is 15.9 Å². The molecule has 1 aliphatic rings. The third kappa shape index (κ3) is 4.61. The van der Waals surface area contributed by atoms with Gasteiger partial charge in [0, 0.05) is 42.1 Å². The van der Waals surface area contributed by atoms with E-state index in [9.17, 15) is 5.26 Å². The van der Waals surface area contributed by atoms with Crippen LogP contribution in [-0.2, 0) is 5.41 Å². The zero-order valence-electron chi connectivity index (χ0n) is 20.2. The van der Waals surface area contributed by atoms with Crippen LogP contribution in [0, 0.1) is 11.3 Å². The summed E-state index contributed by atoms with van der Waals surface area (Å²) in [6.45, 7) is 5.46. The summed E-state index contributed by atoms with van der Waals surface area (Å²) in [4.78, 5) is 15.6. The molecular weight excluding hydrogens is 454 g/mol. The third-order valence-electron chi connectivity index (χ3n) is 6.40. The Morgan fingerprint density at radius 3 is 2.61 bits per heavy atom. The van der Waals surface area contributed by atoms with Crippen LogP contribution in [0.15, 0.2) is 53.2 Å². The molecule has 0 spiro atoms. The van der Waals surface area contributed by atoms with Crippen molar-refractivity contribution in [3.8, 4) is 40.4 Å². The molecule has 1 saturated heterocycles. The summed E-state index contributed by atoms with van der Waals surface area (Å²) in [6, 6.07) is 14.2. The molecule has 3 aromatic heterocycles. The Bertz CT molecular complexity index is 1430. The molecule has 36 heavy (non-hydrogen) atoms. The molecule has 0 unspecified atom stereocenters. The lowest BCUT2D eigenvalue weighted by molar-refractivity contribution is 0.501. The van der Waals surface area contributed by atoms with Gasteiger partial charge in [0.1, 0.15) is 0 Å². The van der Waals surface area contributed by atoms with Crippen LogP contribution in [0.1, 0.15) is 32.4 Å². The Hall–Kier alpha value is -4.36. The molecule has 0 atom stereocenters. The van der Waals surface area contributed by atoms with Gasteiger partial charge in [0.25, 0.3) is 5.89 Å². The van der Waals surface area contributed by atoms with Crippen LogP contribution in [0.3, 0.4) is 0 Å². The van der Waals surface area contributed by atoms with Gasteiger partial charge in [-0.2, -0.15) is 5.26 Å². The first-order valence-electron chi connectivity index (χ1n) is 11.8. The molecule has 0 saturated carbocycles. The Morgan fingerprint density at radius 2 is 1.83 bits per heavy atom. The molecule has 1 fully saturated rings. The van der Waals surface area contributed by atoms with Crippen molar-refractivity contribution >= 4 is 11.5 Å². The summed E-state index contributed by atoms with van der Waals surface area (Å²) < 4.78 is 5.98. The van der Waals surface area contributed by atoms with Crippen LogP contribution in [0.2, 0.25) is 0 Å². The predicted molar refractivity (Wildman–Crippen MR) is 136 cm³/mol. The van der Waals surface area contributed by atoms with Crippen molar-refractivity contribution < 1.29 is 4.42 Å². The van der Waals surface area contributed by atoms with Crippen molar-refractivity contribution in [1.29, 1.82) is 5.26 Å². The summed E-state index contributed by atoms with van der Waals surface area (Å²) in [6.07, 6.45) is 5.16. The van der Waals surface area contributed by atoms with Crippen molar-refractivity contribution in [3.63, 3.8) is 0 Å². The van der Waals surface area contributed by atoms with Crippen molar-refractivity contribution in [2.45, 2.75) is 38.1 Å². The second-order valence-electron chi connectivity index (χ2n) is 9.44. The highest BCUT2D eigenvalue weighted by Gasteiger charge is 2.23. The first-order chi connectivity index (χ1) is 17.3. The number of nitrogens with two attached hydrogens (primary N) is 2. The number of aromatic nitrogens is 5. The van der Waals surface area contributed by atoms with Crippen LogP contribution in [-0.4, -0.2) is 44.3 Å². The second-order valence-corrected chi connectivity index (χ2v) is 9.44. The second kappa shape index (κ2) is 9.36. The molecule has 10 nitrogen and oxygen atoms in total. The summed E-state index contributed by atoms with van der Waals surface area (Å²) in [5.74, 6) is 0.728. The maximum atomic E-state index is 9.47. The topological polar surface area (TPSA) is 157 Å². The summed E-state index contributed by atoms with van der Waals surface area (Å²) >= 11 is 0. The average Bonchev–Trinajstić information content (AvgIpc) is 3.40. The van der Waals surface area contributed by atoms with Gasteiger partial charge in [0.15, 0.2) is 11.5 Å². The van der Waals surface area contributed by atoms with Gasteiger partial charge in [-0.3, -0.25) is 4.98 Å². The molecule has 0 amide bonds. The zero-order chi connectivity index (χ0) is 25.3. The first kappa shape index (κ1) is 23.4. The Kier molecular flexibility index (Phi) is 6.08. The number of nitriles is 1. The van der Waals surface area contributed by atoms with Crippen molar-refractivity contribution in [3.05, 3.63) is 54.5 Å². The number of benzene rings is 1. The van der Waals surface area contributed by atoms with E-state index < -0.39 is 5.41 Å². The van der Waals surface area contributed by atoms with Gasteiger partial charge < -0.3 is 20.8 Å². The monoisotopic (exact) mass is 481 g/mol. The Balaban J connectivity index is 1.44. The number of rotatable bonds is 5. The van der Waals surface area contributed by atoms with Crippen molar-refractivity contribution in [1.82, 2.24) is 25.1 Å². The fourth-order valence-corrected chi connectivity index (χ4v) is 4.11. The fourth-order valence-electron chi connectivity index (χ4n) is 4.11. The highest BCUT2D eigenvalue weighted by molar-refractivity contribution is 5.69. The lowest BCUT2D eigenvalue weighted by Gasteiger charge is -2.32. The van der Waals surface area contributed by atoms with Gasteiger partial charge in [-0.15, -0.1) is 10.2 Å². The van der Waals surface area contributed by atoms with E-state index in [1.54, 1.807) is 18.5 Å². The van der Waals surface area contributed by atoms with Gasteiger partial charge in [-0.05, 0) is 57.0 Å². The molecule has 1 aliphatic heterocycles. The first-order valence-corrected chi connectivity index (χ1v) is 11.8. The van der Waals surface area contributed by atoms with Gasteiger partial charge in [-0.25, -0.2) is 9.97 Å².